The third kappa shape index (κ3) is 2.27. The van der Waals surface area contributed by atoms with E-state index in [9.17, 15) is 5.11 Å². The van der Waals surface area contributed by atoms with Crippen LogP contribution in [0.5, 0.6) is 0 Å². The van der Waals surface area contributed by atoms with E-state index in [4.69, 9.17) is 0 Å². The molecule has 1 atom stereocenters. The quantitative estimate of drug-likeness (QED) is 0.770. The Morgan fingerprint density at radius 2 is 2.06 bits per heavy atom. The molecule has 0 aliphatic carbocycles. The molecule has 0 unspecified atom stereocenters. The van der Waals surface area contributed by atoms with Crippen LogP contribution in [0.2, 0.25) is 0 Å². The minimum absolute atomic E-state index is 0.401. The van der Waals surface area contributed by atoms with E-state index in [2.05, 4.69) is 24.0 Å². The highest BCUT2D eigenvalue weighted by molar-refractivity contribution is 5.56. The van der Waals surface area contributed by atoms with Crippen molar-refractivity contribution < 1.29 is 5.11 Å². The number of hydrogen-bond acceptors (Lipinski definition) is 2. The lowest BCUT2D eigenvalue weighted by atomic mass is 10.0. The lowest BCUT2D eigenvalue weighted by molar-refractivity contribution is 0.199. The smallest absolute Gasteiger partial charge is 0.0781 e. The molecule has 2 rings (SSSR count). The van der Waals surface area contributed by atoms with Crippen molar-refractivity contribution in [3.63, 3.8) is 0 Å². The summed E-state index contributed by atoms with van der Waals surface area (Å²) in [6, 6.07) is 8.13. The molecular formula is C14H19NO. The highest BCUT2D eigenvalue weighted by atomic mass is 16.3. The van der Waals surface area contributed by atoms with Gasteiger partial charge >= 0.3 is 0 Å². The molecule has 0 amide bonds. The molecule has 0 bridgehead atoms. The van der Waals surface area contributed by atoms with Crippen molar-refractivity contribution in [2.75, 3.05) is 18.0 Å². The molecule has 1 aliphatic heterocycles. The van der Waals surface area contributed by atoms with Gasteiger partial charge in [0.25, 0.3) is 0 Å². The van der Waals surface area contributed by atoms with Crippen LogP contribution in [0.1, 0.15) is 31.9 Å². The summed E-state index contributed by atoms with van der Waals surface area (Å²) in [5, 5.41) is 9.76. The minimum Gasteiger partial charge on any atom is -0.389 e. The summed E-state index contributed by atoms with van der Waals surface area (Å²) in [6.07, 6.45) is 2.99. The molecule has 86 valence electrons. The van der Waals surface area contributed by atoms with E-state index >= 15 is 0 Å². The molecule has 0 spiro atoms. The third-order valence-corrected chi connectivity index (χ3v) is 3.06. The Bertz CT molecular complexity index is 395. The second-order valence-electron chi connectivity index (χ2n) is 4.50. The van der Waals surface area contributed by atoms with Crippen LogP contribution in [-0.2, 0) is 0 Å². The maximum absolute atomic E-state index is 9.76. The summed E-state index contributed by atoms with van der Waals surface area (Å²) in [5.41, 5.74) is 3.61. The topological polar surface area (TPSA) is 23.5 Å². The van der Waals surface area contributed by atoms with Gasteiger partial charge in [-0.25, -0.2) is 0 Å². The first-order valence-corrected chi connectivity index (χ1v) is 5.86. The fraction of sp³-hybridized carbons (Fsp3) is 0.429. The molecule has 2 nitrogen and oxygen atoms in total. The largest absolute Gasteiger partial charge is 0.389 e. The van der Waals surface area contributed by atoms with Crippen molar-refractivity contribution in [2.45, 2.75) is 26.4 Å². The van der Waals surface area contributed by atoms with Crippen LogP contribution >= 0.6 is 0 Å². The van der Waals surface area contributed by atoms with Crippen LogP contribution in [0.4, 0.5) is 5.69 Å². The molecule has 1 N–H and O–H groups in total. The van der Waals surface area contributed by atoms with Crippen LogP contribution in [-0.4, -0.2) is 18.2 Å². The SMILES string of the molecule is CC1=CCCN(c2ccccc2[C@H](C)O)C1. The predicted molar refractivity (Wildman–Crippen MR) is 67.7 cm³/mol. The summed E-state index contributed by atoms with van der Waals surface area (Å²) in [4.78, 5) is 2.34. The van der Waals surface area contributed by atoms with E-state index in [1.807, 2.05) is 25.1 Å². The second-order valence-corrected chi connectivity index (χ2v) is 4.50. The first-order valence-electron chi connectivity index (χ1n) is 5.86. The van der Waals surface area contributed by atoms with Crippen LogP contribution in [0.25, 0.3) is 0 Å². The van der Waals surface area contributed by atoms with Gasteiger partial charge in [-0.05, 0) is 26.3 Å². The summed E-state index contributed by atoms with van der Waals surface area (Å²) in [7, 11) is 0. The third-order valence-electron chi connectivity index (χ3n) is 3.06. The van der Waals surface area contributed by atoms with Crippen LogP contribution in [0.15, 0.2) is 35.9 Å². The molecule has 0 saturated heterocycles. The summed E-state index contributed by atoms with van der Waals surface area (Å²) >= 11 is 0. The summed E-state index contributed by atoms with van der Waals surface area (Å²) < 4.78 is 0. The van der Waals surface area contributed by atoms with Crippen molar-refractivity contribution in [2.24, 2.45) is 0 Å². The van der Waals surface area contributed by atoms with Crippen molar-refractivity contribution in [1.82, 2.24) is 0 Å². The molecule has 16 heavy (non-hydrogen) atoms. The average Bonchev–Trinajstić information content (AvgIpc) is 2.29. The van der Waals surface area contributed by atoms with Gasteiger partial charge in [0.05, 0.1) is 6.10 Å². The number of benzene rings is 1. The summed E-state index contributed by atoms with van der Waals surface area (Å²) in [6.45, 7) is 6.01. The molecule has 0 fully saturated rings. The predicted octanol–water partition coefficient (Wildman–Crippen LogP) is 2.90. The van der Waals surface area contributed by atoms with Gasteiger partial charge in [0, 0.05) is 24.3 Å². The standard InChI is InChI=1S/C14H19NO/c1-11-6-5-9-15(10-11)14-8-4-3-7-13(14)12(2)16/h3-4,6-8,12,16H,5,9-10H2,1-2H3/t12-/m0/s1. The highest BCUT2D eigenvalue weighted by Crippen LogP contribution is 2.28. The van der Waals surface area contributed by atoms with Crippen molar-refractivity contribution in [3.8, 4) is 0 Å². The molecule has 0 radical (unpaired) electrons. The van der Waals surface area contributed by atoms with Gasteiger partial charge < -0.3 is 10.0 Å². The number of aliphatic hydroxyl groups excluding tert-OH is 1. The van der Waals surface area contributed by atoms with E-state index in [0.717, 1.165) is 25.1 Å². The average molecular weight is 217 g/mol. The molecule has 1 aromatic carbocycles. The first kappa shape index (κ1) is 11.2. The molecule has 2 heteroatoms. The number of anilines is 1. The monoisotopic (exact) mass is 217 g/mol. The van der Waals surface area contributed by atoms with Gasteiger partial charge in [0.1, 0.15) is 0 Å². The van der Waals surface area contributed by atoms with E-state index in [0.29, 0.717) is 0 Å². The molecule has 1 aliphatic rings. The Morgan fingerprint density at radius 1 is 1.31 bits per heavy atom. The Morgan fingerprint density at radius 3 is 2.75 bits per heavy atom. The van der Waals surface area contributed by atoms with Gasteiger partial charge in [-0.15, -0.1) is 0 Å². The van der Waals surface area contributed by atoms with Gasteiger partial charge in [-0.2, -0.15) is 0 Å². The molecular weight excluding hydrogens is 198 g/mol. The zero-order chi connectivity index (χ0) is 11.5. The van der Waals surface area contributed by atoms with Crippen LogP contribution in [0, 0.1) is 0 Å². The normalized spacial score (nSPS) is 18.2. The number of hydrogen-bond donors (Lipinski definition) is 1. The first-order chi connectivity index (χ1) is 7.68. The fourth-order valence-electron chi connectivity index (χ4n) is 2.25. The molecule has 0 saturated carbocycles. The lowest BCUT2D eigenvalue weighted by Gasteiger charge is -2.30. The highest BCUT2D eigenvalue weighted by Gasteiger charge is 2.15. The summed E-state index contributed by atoms with van der Waals surface area (Å²) in [5.74, 6) is 0. The Balaban J connectivity index is 2.29. The van der Waals surface area contributed by atoms with Gasteiger partial charge in [-0.1, -0.05) is 29.8 Å². The van der Waals surface area contributed by atoms with Crippen molar-refractivity contribution in [3.05, 3.63) is 41.5 Å². The van der Waals surface area contributed by atoms with E-state index in [1.54, 1.807) is 0 Å². The number of aliphatic hydroxyl groups is 1. The zero-order valence-electron chi connectivity index (χ0n) is 9.98. The van der Waals surface area contributed by atoms with Crippen molar-refractivity contribution in [1.29, 1.82) is 0 Å². The van der Waals surface area contributed by atoms with Crippen molar-refractivity contribution >= 4 is 5.69 Å². The van der Waals surface area contributed by atoms with E-state index < -0.39 is 6.10 Å². The molecule has 1 heterocycles. The Hall–Kier alpha value is -1.28. The lowest BCUT2D eigenvalue weighted by Crippen LogP contribution is -2.30. The Labute approximate surface area is 97.2 Å². The Kier molecular flexibility index (Phi) is 3.30. The van der Waals surface area contributed by atoms with E-state index in [-0.39, 0.29) is 0 Å². The molecule has 1 aromatic rings. The second kappa shape index (κ2) is 4.71. The van der Waals surface area contributed by atoms with Gasteiger partial charge in [0.2, 0.25) is 0 Å². The van der Waals surface area contributed by atoms with Gasteiger partial charge in [0.15, 0.2) is 0 Å². The maximum atomic E-state index is 9.76. The maximum Gasteiger partial charge on any atom is 0.0781 e. The molecule has 0 aromatic heterocycles. The zero-order valence-corrected chi connectivity index (χ0v) is 9.98. The van der Waals surface area contributed by atoms with Gasteiger partial charge in [-0.3, -0.25) is 0 Å². The minimum atomic E-state index is -0.401. The van der Waals surface area contributed by atoms with E-state index in [1.165, 1.54) is 11.3 Å². The number of para-hydroxylation sites is 1. The fourth-order valence-corrected chi connectivity index (χ4v) is 2.25. The van der Waals surface area contributed by atoms with Crippen LogP contribution < -0.4 is 4.90 Å². The number of nitrogens with zero attached hydrogens (tertiary/aromatic N) is 1. The number of rotatable bonds is 2. The van der Waals surface area contributed by atoms with Crippen LogP contribution in [0.3, 0.4) is 0 Å².